The second-order valence-corrected chi connectivity index (χ2v) is 5.02. The number of carbonyl (C=O) groups excluding carboxylic acids is 1. The molecule has 2 aromatic carbocycles. The first-order valence-electron chi connectivity index (χ1n) is 7.46. The fourth-order valence-electron chi connectivity index (χ4n) is 2.37. The standard InChI is InChI=1S/C19H17FO4/c1-2-24-19(23)16(12-17(21)22)18(13-6-4-3-5-7-13)14-8-10-15(20)11-9-14/h3-11H,2,12H2,1H3,(H,21,22)/b18-16+. The van der Waals surface area contributed by atoms with Crippen molar-refractivity contribution in [3.05, 3.63) is 77.1 Å². The van der Waals surface area contributed by atoms with Crippen molar-refractivity contribution in [1.29, 1.82) is 0 Å². The molecule has 5 heteroatoms. The van der Waals surface area contributed by atoms with Gasteiger partial charge in [0.2, 0.25) is 0 Å². The lowest BCUT2D eigenvalue weighted by atomic mass is 9.91. The van der Waals surface area contributed by atoms with Crippen LogP contribution < -0.4 is 0 Å². The summed E-state index contributed by atoms with van der Waals surface area (Å²) in [6, 6.07) is 14.5. The smallest absolute Gasteiger partial charge is 0.335 e. The minimum absolute atomic E-state index is 0.0298. The van der Waals surface area contributed by atoms with Gasteiger partial charge in [-0.3, -0.25) is 4.79 Å². The summed E-state index contributed by atoms with van der Waals surface area (Å²) in [6.07, 6.45) is -0.486. The van der Waals surface area contributed by atoms with Crippen molar-refractivity contribution in [2.75, 3.05) is 6.61 Å². The van der Waals surface area contributed by atoms with Crippen molar-refractivity contribution < 1.29 is 23.8 Å². The van der Waals surface area contributed by atoms with E-state index >= 15 is 0 Å². The van der Waals surface area contributed by atoms with E-state index in [1.165, 1.54) is 24.3 Å². The summed E-state index contributed by atoms with van der Waals surface area (Å²) in [5.74, 6) is -2.25. The maximum absolute atomic E-state index is 13.2. The molecule has 0 aliphatic heterocycles. The van der Waals surface area contributed by atoms with Crippen LogP contribution in [-0.2, 0) is 14.3 Å². The van der Waals surface area contributed by atoms with Gasteiger partial charge in [-0.25, -0.2) is 9.18 Å². The lowest BCUT2D eigenvalue weighted by Gasteiger charge is -2.14. The molecule has 0 heterocycles. The summed E-state index contributed by atoms with van der Waals surface area (Å²) in [6.45, 7) is 1.78. The van der Waals surface area contributed by atoms with Crippen molar-refractivity contribution >= 4 is 17.5 Å². The van der Waals surface area contributed by atoms with E-state index in [4.69, 9.17) is 4.74 Å². The summed E-state index contributed by atoms with van der Waals surface area (Å²) in [4.78, 5) is 23.6. The highest BCUT2D eigenvalue weighted by atomic mass is 19.1. The van der Waals surface area contributed by atoms with Gasteiger partial charge < -0.3 is 9.84 Å². The maximum atomic E-state index is 13.2. The van der Waals surface area contributed by atoms with E-state index in [0.717, 1.165) is 0 Å². The van der Waals surface area contributed by atoms with Gasteiger partial charge >= 0.3 is 11.9 Å². The Bertz CT molecular complexity index is 749. The van der Waals surface area contributed by atoms with E-state index in [0.29, 0.717) is 16.7 Å². The molecule has 2 aromatic rings. The molecule has 4 nitrogen and oxygen atoms in total. The van der Waals surface area contributed by atoms with Crippen LogP contribution in [0.15, 0.2) is 60.2 Å². The molecular formula is C19H17FO4. The van der Waals surface area contributed by atoms with Gasteiger partial charge in [0.15, 0.2) is 0 Å². The summed E-state index contributed by atoms with van der Waals surface area (Å²) >= 11 is 0. The zero-order valence-corrected chi connectivity index (χ0v) is 13.2. The third kappa shape index (κ3) is 4.29. The Hall–Kier alpha value is -2.95. The average molecular weight is 328 g/mol. The van der Waals surface area contributed by atoms with E-state index in [2.05, 4.69) is 0 Å². The zero-order valence-electron chi connectivity index (χ0n) is 13.2. The summed E-state index contributed by atoms with van der Waals surface area (Å²) < 4.78 is 18.3. The Labute approximate surface area is 139 Å². The van der Waals surface area contributed by atoms with Crippen LogP contribution in [0.1, 0.15) is 24.5 Å². The molecule has 124 valence electrons. The molecular weight excluding hydrogens is 311 g/mol. The lowest BCUT2D eigenvalue weighted by Crippen LogP contribution is -2.14. The number of carboxylic acids is 1. The molecule has 0 radical (unpaired) electrons. The SMILES string of the molecule is CCOC(=O)/C(CC(=O)O)=C(\c1ccccc1)c1ccc(F)cc1. The Morgan fingerprint density at radius 3 is 2.12 bits per heavy atom. The van der Waals surface area contributed by atoms with E-state index in [1.807, 2.05) is 6.07 Å². The molecule has 0 amide bonds. The van der Waals surface area contributed by atoms with Gasteiger partial charge in [0.25, 0.3) is 0 Å². The second kappa shape index (κ2) is 8.06. The fourth-order valence-corrected chi connectivity index (χ4v) is 2.37. The Kier molecular flexibility index (Phi) is 5.84. The first kappa shape index (κ1) is 17.4. The summed E-state index contributed by atoms with van der Waals surface area (Å²) in [5.41, 5.74) is 1.67. The normalized spacial score (nSPS) is 11.6. The van der Waals surface area contributed by atoms with Gasteiger partial charge in [-0.15, -0.1) is 0 Å². The number of carboxylic acid groups (broad SMARTS) is 1. The highest BCUT2D eigenvalue weighted by Gasteiger charge is 2.22. The minimum Gasteiger partial charge on any atom is -0.481 e. The number of aliphatic carboxylic acids is 1. The monoisotopic (exact) mass is 328 g/mol. The molecule has 0 bridgehead atoms. The van der Waals surface area contributed by atoms with Gasteiger partial charge in [-0.2, -0.15) is 0 Å². The van der Waals surface area contributed by atoms with E-state index < -0.39 is 24.2 Å². The van der Waals surface area contributed by atoms with Gasteiger partial charge in [0, 0.05) is 0 Å². The summed E-state index contributed by atoms with van der Waals surface area (Å²) in [7, 11) is 0. The van der Waals surface area contributed by atoms with Crippen LogP contribution in [0.3, 0.4) is 0 Å². The van der Waals surface area contributed by atoms with Crippen LogP contribution in [0.5, 0.6) is 0 Å². The first-order chi connectivity index (χ1) is 11.5. The predicted octanol–water partition coefficient (Wildman–Crippen LogP) is 3.67. The number of ether oxygens (including phenoxy) is 1. The lowest BCUT2D eigenvalue weighted by molar-refractivity contribution is -0.142. The average Bonchev–Trinajstić information content (AvgIpc) is 2.57. The molecule has 0 saturated carbocycles. The van der Waals surface area contributed by atoms with Crippen molar-refractivity contribution in [3.63, 3.8) is 0 Å². The Morgan fingerprint density at radius 2 is 1.58 bits per heavy atom. The minimum atomic E-state index is -1.14. The van der Waals surface area contributed by atoms with Crippen molar-refractivity contribution in [3.8, 4) is 0 Å². The fraction of sp³-hybridized carbons (Fsp3) is 0.158. The molecule has 0 atom stereocenters. The van der Waals surface area contributed by atoms with E-state index in [-0.39, 0.29) is 12.2 Å². The molecule has 0 saturated heterocycles. The quantitative estimate of drug-likeness (QED) is 0.649. The van der Waals surface area contributed by atoms with E-state index in [1.54, 1.807) is 31.2 Å². The Balaban J connectivity index is 2.70. The van der Waals surface area contributed by atoms with E-state index in [9.17, 15) is 19.1 Å². The van der Waals surface area contributed by atoms with Crippen LogP contribution >= 0.6 is 0 Å². The molecule has 0 aromatic heterocycles. The molecule has 0 aliphatic rings. The Morgan fingerprint density at radius 1 is 1.00 bits per heavy atom. The van der Waals surface area contributed by atoms with Gasteiger partial charge in [0.05, 0.1) is 18.6 Å². The third-order valence-electron chi connectivity index (χ3n) is 3.35. The number of carbonyl (C=O) groups is 2. The number of rotatable bonds is 6. The number of hydrogen-bond acceptors (Lipinski definition) is 3. The van der Waals surface area contributed by atoms with Crippen molar-refractivity contribution in [2.45, 2.75) is 13.3 Å². The topological polar surface area (TPSA) is 63.6 Å². The van der Waals surface area contributed by atoms with Gasteiger partial charge in [-0.05, 0) is 35.8 Å². The summed E-state index contributed by atoms with van der Waals surface area (Å²) in [5, 5.41) is 9.19. The van der Waals surface area contributed by atoms with Crippen molar-refractivity contribution in [2.24, 2.45) is 0 Å². The predicted molar refractivity (Wildman–Crippen MR) is 87.7 cm³/mol. The maximum Gasteiger partial charge on any atom is 0.335 e. The molecule has 2 rings (SSSR count). The largest absolute Gasteiger partial charge is 0.481 e. The molecule has 24 heavy (non-hydrogen) atoms. The second-order valence-electron chi connectivity index (χ2n) is 5.02. The molecule has 0 unspecified atom stereocenters. The van der Waals surface area contributed by atoms with Crippen LogP contribution in [0, 0.1) is 5.82 Å². The number of halogens is 1. The number of esters is 1. The highest BCUT2D eigenvalue weighted by molar-refractivity contribution is 6.04. The number of benzene rings is 2. The van der Waals surface area contributed by atoms with Gasteiger partial charge in [-0.1, -0.05) is 42.5 Å². The van der Waals surface area contributed by atoms with Gasteiger partial charge in [0.1, 0.15) is 5.82 Å². The molecule has 0 aliphatic carbocycles. The molecule has 0 spiro atoms. The highest BCUT2D eigenvalue weighted by Crippen LogP contribution is 2.29. The van der Waals surface area contributed by atoms with Crippen LogP contribution in [0.25, 0.3) is 5.57 Å². The molecule has 0 fully saturated rings. The van der Waals surface area contributed by atoms with Crippen LogP contribution in [0.2, 0.25) is 0 Å². The van der Waals surface area contributed by atoms with Crippen LogP contribution in [-0.4, -0.2) is 23.7 Å². The third-order valence-corrected chi connectivity index (χ3v) is 3.35. The first-order valence-corrected chi connectivity index (χ1v) is 7.46. The zero-order chi connectivity index (χ0) is 17.5. The van der Waals surface area contributed by atoms with Crippen LogP contribution in [0.4, 0.5) is 4.39 Å². The van der Waals surface area contributed by atoms with Crippen molar-refractivity contribution in [1.82, 2.24) is 0 Å². The molecule has 1 N–H and O–H groups in total. The number of hydrogen-bond donors (Lipinski definition) is 1.